The lowest BCUT2D eigenvalue weighted by atomic mass is 10.1. The molecule has 0 radical (unpaired) electrons. The fraction of sp³-hybridized carbons (Fsp3) is 0.438. The summed E-state index contributed by atoms with van der Waals surface area (Å²) in [6.07, 6.45) is 5.19. The van der Waals surface area contributed by atoms with E-state index in [0.717, 1.165) is 25.3 Å². The third-order valence-electron chi connectivity index (χ3n) is 3.51. The lowest BCUT2D eigenvalue weighted by molar-refractivity contribution is 0.203. The first-order valence-corrected chi connectivity index (χ1v) is 7.20. The molecule has 0 saturated carbocycles. The van der Waals surface area contributed by atoms with Crippen molar-refractivity contribution in [3.8, 4) is 5.75 Å². The molecule has 1 unspecified atom stereocenters. The summed E-state index contributed by atoms with van der Waals surface area (Å²) in [5.74, 6) is 1.02. The zero-order valence-corrected chi connectivity index (χ0v) is 12.0. The molecule has 20 heavy (non-hydrogen) atoms. The highest BCUT2D eigenvalue weighted by Crippen LogP contribution is 2.28. The Balaban J connectivity index is 1.57. The van der Waals surface area contributed by atoms with E-state index in [2.05, 4.69) is 42.6 Å². The van der Waals surface area contributed by atoms with Gasteiger partial charge in [0.1, 0.15) is 11.9 Å². The van der Waals surface area contributed by atoms with Crippen molar-refractivity contribution < 1.29 is 4.74 Å². The second kappa shape index (κ2) is 5.67. The Hall–Kier alpha value is -1.81. The number of benzene rings is 1. The molecule has 1 aliphatic heterocycles. The highest BCUT2D eigenvalue weighted by molar-refractivity contribution is 5.37. The van der Waals surface area contributed by atoms with Crippen LogP contribution in [0, 0.1) is 0 Å². The maximum atomic E-state index is 5.94. The number of nitrogens with one attached hydrogen (secondary N) is 1. The molecule has 4 nitrogen and oxygen atoms in total. The highest BCUT2D eigenvalue weighted by atomic mass is 16.5. The van der Waals surface area contributed by atoms with Crippen LogP contribution in [0.25, 0.3) is 0 Å². The zero-order valence-electron chi connectivity index (χ0n) is 12.0. The lowest BCUT2D eigenvalue weighted by Gasteiger charge is -2.10. The smallest absolute Gasteiger partial charge is 0.123 e. The molecule has 0 fully saturated rings. The van der Waals surface area contributed by atoms with Crippen molar-refractivity contribution in [3.05, 3.63) is 47.8 Å². The lowest BCUT2D eigenvalue weighted by Crippen LogP contribution is -2.22. The first kappa shape index (κ1) is 13.2. The molecule has 1 aromatic heterocycles. The Morgan fingerprint density at radius 3 is 3.05 bits per heavy atom. The molecule has 1 aromatic carbocycles. The first-order valence-electron chi connectivity index (χ1n) is 7.20. The Labute approximate surface area is 119 Å². The van der Waals surface area contributed by atoms with Crippen molar-refractivity contribution in [1.82, 2.24) is 15.1 Å². The van der Waals surface area contributed by atoms with Gasteiger partial charge in [-0.05, 0) is 11.6 Å². The second-order valence-corrected chi connectivity index (χ2v) is 5.66. The summed E-state index contributed by atoms with van der Waals surface area (Å²) < 4.78 is 7.92. The number of nitrogens with zero attached hydrogens (tertiary/aromatic N) is 2. The Morgan fingerprint density at radius 1 is 1.40 bits per heavy atom. The molecule has 0 saturated heterocycles. The van der Waals surface area contributed by atoms with Gasteiger partial charge in [-0.1, -0.05) is 32.0 Å². The first-order chi connectivity index (χ1) is 9.70. The minimum absolute atomic E-state index is 0.193. The van der Waals surface area contributed by atoms with Crippen molar-refractivity contribution in [2.45, 2.75) is 45.5 Å². The summed E-state index contributed by atoms with van der Waals surface area (Å²) in [4.78, 5) is 0. The molecule has 1 N–H and O–H groups in total. The van der Waals surface area contributed by atoms with E-state index in [1.54, 1.807) is 0 Å². The predicted octanol–water partition coefficient (Wildman–Crippen LogP) is 2.38. The molecule has 0 bridgehead atoms. The number of para-hydroxylation sites is 1. The van der Waals surface area contributed by atoms with Gasteiger partial charge in [-0.2, -0.15) is 5.10 Å². The largest absolute Gasteiger partial charge is 0.488 e. The normalized spacial score (nSPS) is 17.2. The molecule has 2 heterocycles. The summed E-state index contributed by atoms with van der Waals surface area (Å²) in [5, 5.41) is 7.82. The minimum Gasteiger partial charge on any atom is -0.488 e. The standard InChI is InChI=1S/C16H21N3O/c1-12(2)17-8-13-9-18-19(10-13)11-15-7-14-5-3-4-6-16(14)20-15/h3-6,9-10,12,15,17H,7-8,11H2,1-2H3. The van der Waals surface area contributed by atoms with Gasteiger partial charge >= 0.3 is 0 Å². The van der Waals surface area contributed by atoms with E-state index >= 15 is 0 Å². The Bertz CT molecular complexity index is 552. The molecule has 2 aromatic rings. The third kappa shape index (κ3) is 3.02. The van der Waals surface area contributed by atoms with Gasteiger partial charge in [-0.15, -0.1) is 0 Å². The number of hydrogen-bond donors (Lipinski definition) is 1. The van der Waals surface area contributed by atoms with E-state index in [1.165, 1.54) is 11.1 Å². The molecule has 0 aliphatic carbocycles. The summed E-state index contributed by atoms with van der Waals surface area (Å²) in [7, 11) is 0. The maximum Gasteiger partial charge on any atom is 0.123 e. The van der Waals surface area contributed by atoms with Crippen molar-refractivity contribution in [3.63, 3.8) is 0 Å². The second-order valence-electron chi connectivity index (χ2n) is 5.66. The van der Waals surface area contributed by atoms with Crippen molar-refractivity contribution >= 4 is 0 Å². The average Bonchev–Trinajstić information content (AvgIpc) is 3.02. The fourth-order valence-corrected chi connectivity index (χ4v) is 2.48. The topological polar surface area (TPSA) is 39.1 Å². The predicted molar refractivity (Wildman–Crippen MR) is 78.8 cm³/mol. The molecule has 1 aliphatic rings. The molecule has 3 rings (SSSR count). The number of rotatable bonds is 5. The molecular formula is C16H21N3O. The number of aromatic nitrogens is 2. The van der Waals surface area contributed by atoms with E-state index in [9.17, 15) is 0 Å². The quantitative estimate of drug-likeness (QED) is 0.907. The minimum atomic E-state index is 0.193. The highest BCUT2D eigenvalue weighted by Gasteiger charge is 2.22. The van der Waals surface area contributed by atoms with Crippen LogP contribution in [0.15, 0.2) is 36.7 Å². The van der Waals surface area contributed by atoms with Crippen molar-refractivity contribution in [1.29, 1.82) is 0 Å². The van der Waals surface area contributed by atoms with Crippen LogP contribution >= 0.6 is 0 Å². The van der Waals surface area contributed by atoms with Crippen LogP contribution in [0.5, 0.6) is 5.75 Å². The van der Waals surface area contributed by atoms with Gasteiger partial charge < -0.3 is 10.1 Å². The van der Waals surface area contributed by atoms with Gasteiger partial charge in [-0.3, -0.25) is 4.68 Å². The Kier molecular flexibility index (Phi) is 3.74. The van der Waals surface area contributed by atoms with Gasteiger partial charge in [0, 0.05) is 30.8 Å². The summed E-state index contributed by atoms with van der Waals surface area (Å²) >= 11 is 0. The van der Waals surface area contributed by atoms with Gasteiger partial charge in [0.05, 0.1) is 12.7 Å². The van der Waals surface area contributed by atoms with Gasteiger partial charge in [0.25, 0.3) is 0 Å². The fourth-order valence-electron chi connectivity index (χ4n) is 2.48. The molecular weight excluding hydrogens is 250 g/mol. The SMILES string of the molecule is CC(C)NCc1cnn(CC2Cc3ccccc3O2)c1. The maximum absolute atomic E-state index is 5.94. The van der Waals surface area contributed by atoms with E-state index in [0.29, 0.717) is 6.04 Å². The van der Waals surface area contributed by atoms with Crippen molar-refractivity contribution in [2.75, 3.05) is 0 Å². The molecule has 0 amide bonds. The van der Waals surface area contributed by atoms with E-state index in [-0.39, 0.29) is 6.10 Å². The average molecular weight is 271 g/mol. The molecule has 106 valence electrons. The van der Waals surface area contributed by atoms with Gasteiger partial charge in [0.15, 0.2) is 0 Å². The third-order valence-corrected chi connectivity index (χ3v) is 3.51. The van der Waals surface area contributed by atoms with Crippen LogP contribution in [0.4, 0.5) is 0 Å². The van der Waals surface area contributed by atoms with Gasteiger partial charge in [0.2, 0.25) is 0 Å². The van der Waals surface area contributed by atoms with Crippen LogP contribution < -0.4 is 10.1 Å². The monoisotopic (exact) mass is 271 g/mol. The summed E-state index contributed by atoms with van der Waals surface area (Å²) in [6, 6.07) is 8.75. The van der Waals surface area contributed by atoms with Crippen LogP contribution in [-0.2, 0) is 19.5 Å². The Morgan fingerprint density at radius 2 is 2.25 bits per heavy atom. The van der Waals surface area contributed by atoms with Crippen molar-refractivity contribution in [2.24, 2.45) is 0 Å². The van der Waals surface area contributed by atoms with E-state index in [1.807, 2.05) is 23.0 Å². The van der Waals surface area contributed by atoms with E-state index in [4.69, 9.17) is 4.74 Å². The number of fused-ring (bicyclic) bond motifs is 1. The molecule has 0 spiro atoms. The molecule has 1 atom stereocenters. The van der Waals surface area contributed by atoms with Crippen LogP contribution in [0.1, 0.15) is 25.0 Å². The van der Waals surface area contributed by atoms with Crippen LogP contribution in [-0.4, -0.2) is 21.9 Å². The van der Waals surface area contributed by atoms with Gasteiger partial charge in [-0.25, -0.2) is 0 Å². The van der Waals surface area contributed by atoms with E-state index < -0.39 is 0 Å². The summed E-state index contributed by atoms with van der Waals surface area (Å²) in [5.41, 5.74) is 2.51. The zero-order chi connectivity index (χ0) is 13.9. The van der Waals surface area contributed by atoms with Crippen LogP contribution in [0.3, 0.4) is 0 Å². The number of hydrogen-bond acceptors (Lipinski definition) is 3. The van der Waals surface area contributed by atoms with Crippen LogP contribution in [0.2, 0.25) is 0 Å². The summed E-state index contributed by atoms with van der Waals surface area (Å²) in [6.45, 7) is 5.96. The number of ether oxygens (including phenoxy) is 1. The molecule has 4 heteroatoms.